The van der Waals surface area contributed by atoms with Crippen molar-refractivity contribution >= 4 is 112 Å². The lowest BCUT2D eigenvalue weighted by atomic mass is 10.0. The summed E-state index contributed by atoms with van der Waals surface area (Å²) in [6.45, 7) is 3.69. The summed E-state index contributed by atoms with van der Waals surface area (Å²) >= 11 is 1.44. The summed E-state index contributed by atoms with van der Waals surface area (Å²) in [6, 6.07) is -8.59. The summed E-state index contributed by atoms with van der Waals surface area (Å²) in [5.74, 6) is -16.9. The Hall–Kier alpha value is -9.92. The van der Waals surface area contributed by atoms with E-state index in [0.29, 0.717) is 17.7 Å². The van der Waals surface area contributed by atoms with Gasteiger partial charge in [-0.3, -0.25) is 77.1 Å². The van der Waals surface area contributed by atoms with Crippen molar-refractivity contribution in [2.75, 3.05) is 44.7 Å². The molecule has 11 atom stereocenters. The molecule has 0 bridgehead atoms. The number of unbranched alkanes of at least 4 members (excludes halogenated alkanes) is 1. The van der Waals surface area contributed by atoms with Gasteiger partial charge in [-0.15, -0.1) is 0 Å². The quantitative estimate of drug-likeness (QED) is 0.0164. The predicted octanol–water partition coefficient (Wildman–Crippen LogP) is -7.01. The SMILES string of the molecule is CSCCC(N)C(=O)NC(C)C(=O)NC(CC(=O)O)C(=O)N1CCCC1C(=O)NC(CC(N)=O)C(=O)NC(CCCN=C(N)N)C(=O)NC(Cc1ccccc1)C(=O)NC(CCCN=C(N)N)C(=O)NCC(=O)NC(CCCCN)C(=O)NC(CC(=O)O)C(=O)NC(CC(C)C)C(=O)O. The molecule has 27 N–H and O–H groups in total. The maximum absolute atomic E-state index is 14.6. The zero-order valence-electron chi connectivity index (χ0n) is 55.9. The number of carboxylic acids is 3. The highest BCUT2D eigenvalue weighted by atomic mass is 32.2. The number of aliphatic carboxylic acids is 3. The molecule has 0 spiro atoms. The molecule has 99 heavy (non-hydrogen) atoms. The van der Waals surface area contributed by atoms with Gasteiger partial charge in [0.2, 0.25) is 70.9 Å². The van der Waals surface area contributed by atoms with Crippen LogP contribution in [-0.4, -0.2) is 232 Å². The average molecular weight is 1420 g/mol. The number of amides is 12. The number of primary amides is 1. The van der Waals surface area contributed by atoms with Crippen molar-refractivity contribution in [2.45, 2.75) is 184 Å². The molecule has 552 valence electrons. The zero-order chi connectivity index (χ0) is 74.5. The summed E-state index contributed by atoms with van der Waals surface area (Å²) < 4.78 is 0. The molecule has 11 unspecified atom stereocenters. The van der Waals surface area contributed by atoms with E-state index in [2.05, 4.69) is 63.2 Å². The number of guanidine groups is 2. The summed E-state index contributed by atoms with van der Waals surface area (Å²) in [7, 11) is 0. The third-order valence-electron chi connectivity index (χ3n) is 15.0. The Labute approximate surface area is 575 Å². The molecule has 1 aromatic carbocycles. The molecule has 2 rings (SSSR count). The molecular formula is C60H98N20O18S. The number of hydrogen-bond donors (Lipinski definition) is 20. The highest BCUT2D eigenvalue weighted by Crippen LogP contribution is 2.21. The van der Waals surface area contributed by atoms with E-state index in [-0.39, 0.29) is 115 Å². The van der Waals surface area contributed by atoms with Gasteiger partial charge in [-0.25, -0.2) is 4.79 Å². The Kier molecular flexibility index (Phi) is 38.6. The van der Waals surface area contributed by atoms with Gasteiger partial charge in [-0.2, -0.15) is 11.8 Å². The van der Waals surface area contributed by atoms with Gasteiger partial charge in [0.25, 0.3) is 0 Å². The molecule has 0 saturated carbocycles. The largest absolute Gasteiger partial charge is 0.481 e. The summed E-state index contributed by atoms with van der Waals surface area (Å²) in [5.41, 5.74) is 39.7. The lowest BCUT2D eigenvalue weighted by Crippen LogP contribution is -2.60. The number of nitrogens with two attached hydrogens (primary N) is 7. The Bertz CT molecular complexity index is 3010. The molecule has 0 aliphatic carbocycles. The van der Waals surface area contributed by atoms with Crippen LogP contribution in [0.2, 0.25) is 0 Å². The van der Waals surface area contributed by atoms with Crippen molar-refractivity contribution in [3.05, 3.63) is 35.9 Å². The first-order valence-corrected chi connectivity index (χ1v) is 33.4. The first-order chi connectivity index (χ1) is 46.7. The molecule has 12 amide bonds. The maximum Gasteiger partial charge on any atom is 0.326 e. The molecule has 1 aliphatic rings. The van der Waals surface area contributed by atoms with Crippen molar-refractivity contribution in [3.63, 3.8) is 0 Å². The molecular weight excluding hydrogens is 1320 g/mol. The first kappa shape index (κ1) is 85.2. The lowest BCUT2D eigenvalue weighted by molar-refractivity contribution is -0.146. The van der Waals surface area contributed by atoms with Gasteiger partial charge in [-0.05, 0) is 108 Å². The van der Waals surface area contributed by atoms with Gasteiger partial charge in [0, 0.05) is 26.1 Å². The zero-order valence-corrected chi connectivity index (χ0v) is 56.7. The van der Waals surface area contributed by atoms with Crippen LogP contribution in [-0.2, 0) is 78.3 Å². The van der Waals surface area contributed by atoms with E-state index >= 15 is 0 Å². The van der Waals surface area contributed by atoms with E-state index < -0.39 is 181 Å². The Morgan fingerprint density at radius 1 is 0.556 bits per heavy atom. The van der Waals surface area contributed by atoms with Crippen LogP contribution in [0.5, 0.6) is 0 Å². The second-order valence-electron chi connectivity index (χ2n) is 23.8. The van der Waals surface area contributed by atoms with Gasteiger partial charge in [0.15, 0.2) is 11.9 Å². The summed E-state index contributed by atoms with van der Waals surface area (Å²) in [5, 5.41) is 53.2. The highest BCUT2D eigenvalue weighted by molar-refractivity contribution is 7.98. The van der Waals surface area contributed by atoms with Gasteiger partial charge in [0.1, 0.15) is 60.4 Å². The number of likely N-dealkylation sites (tertiary alicyclic amines) is 1. The average Bonchev–Trinajstić information content (AvgIpc) is 1.77. The fraction of sp³-hybridized carbons (Fsp3) is 0.617. The molecule has 1 heterocycles. The second-order valence-corrected chi connectivity index (χ2v) is 24.8. The topological polar surface area (TPSA) is 647 Å². The lowest BCUT2D eigenvalue weighted by Gasteiger charge is -2.30. The number of nitrogens with zero attached hydrogens (tertiary/aromatic N) is 3. The van der Waals surface area contributed by atoms with E-state index in [4.69, 9.17) is 40.1 Å². The van der Waals surface area contributed by atoms with Gasteiger partial charge in [0.05, 0.1) is 31.8 Å². The van der Waals surface area contributed by atoms with Crippen LogP contribution in [0.25, 0.3) is 0 Å². The Balaban J connectivity index is 2.51. The molecule has 1 saturated heterocycles. The van der Waals surface area contributed by atoms with Crippen molar-refractivity contribution in [3.8, 4) is 0 Å². The number of carbonyl (C=O) groups excluding carboxylic acids is 12. The molecule has 39 heteroatoms. The normalized spacial score (nSPS) is 15.5. The Morgan fingerprint density at radius 2 is 1.04 bits per heavy atom. The van der Waals surface area contributed by atoms with Crippen LogP contribution in [0.1, 0.15) is 116 Å². The highest BCUT2D eigenvalue weighted by Gasteiger charge is 2.41. The van der Waals surface area contributed by atoms with Gasteiger partial charge in [-0.1, -0.05) is 44.2 Å². The third-order valence-corrected chi connectivity index (χ3v) is 15.7. The standard InChI is InChI=1S/C60H98N20O18S/c1-31(2)25-42(58(97)98)79-55(94)40(28-46(83)84)76-51(90)36(15-8-9-20-61)72-45(82)30-70-50(89)35(16-10-21-68-59(64)65)73-53(92)38(26-33-13-6-5-7-14-33)75-52(91)37(17-11-22-69-60(66)67)74-54(93)39(27-44(63)81)77-56(95)43-18-12-23-80(43)57(96)41(29-47(85)86)78-48(87)32(3)71-49(88)34(62)19-24-99-4/h5-7,13-14,31-32,34-43H,8-12,15-30,61-62H2,1-4H3,(H2,63,81)(H,70,89)(H,71,88)(H,72,82)(H,73,92)(H,74,93)(H,75,91)(H,76,90)(H,77,95)(H,78,87)(H,79,94)(H,83,84)(H,85,86)(H,97,98)(H4,64,65,68)(H4,66,67,69). The number of rotatable bonds is 47. The maximum atomic E-state index is 14.6. The number of carboxylic acid groups (broad SMARTS) is 3. The number of aliphatic imine (C=N–C) groups is 2. The number of benzene rings is 1. The fourth-order valence-corrected chi connectivity index (χ4v) is 10.4. The number of hydrogen-bond acceptors (Lipinski definition) is 20. The number of nitrogens with one attached hydrogen (secondary N) is 10. The van der Waals surface area contributed by atoms with Crippen LogP contribution >= 0.6 is 11.8 Å². The fourth-order valence-electron chi connectivity index (χ4n) is 9.95. The minimum atomic E-state index is -1.85. The molecule has 0 radical (unpaired) electrons. The summed E-state index contributed by atoms with van der Waals surface area (Å²) in [6.07, 6.45) is -0.913. The number of carbonyl (C=O) groups is 15. The predicted molar refractivity (Wildman–Crippen MR) is 360 cm³/mol. The van der Waals surface area contributed by atoms with Crippen LogP contribution in [0, 0.1) is 5.92 Å². The van der Waals surface area contributed by atoms with Crippen LogP contribution in [0.3, 0.4) is 0 Å². The molecule has 0 aromatic heterocycles. The first-order valence-electron chi connectivity index (χ1n) is 32.0. The van der Waals surface area contributed by atoms with Crippen molar-refractivity contribution < 1.29 is 87.2 Å². The van der Waals surface area contributed by atoms with Gasteiger partial charge < -0.3 is 114 Å². The van der Waals surface area contributed by atoms with Crippen molar-refractivity contribution in [1.82, 2.24) is 58.1 Å². The molecule has 1 aliphatic heterocycles. The smallest absolute Gasteiger partial charge is 0.326 e. The summed E-state index contributed by atoms with van der Waals surface area (Å²) in [4.78, 5) is 210. The third kappa shape index (κ3) is 33.3. The van der Waals surface area contributed by atoms with E-state index in [0.717, 1.165) is 4.90 Å². The molecule has 1 fully saturated rings. The van der Waals surface area contributed by atoms with Crippen LogP contribution in [0.4, 0.5) is 0 Å². The monoisotopic (exact) mass is 1420 g/mol. The Morgan fingerprint density at radius 3 is 1.57 bits per heavy atom. The van der Waals surface area contributed by atoms with Crippen LogP contribution < -0.4 is 93.3 Å². The molecule has 38 nitrogen and oxygen atoms in total. The second kappa shape index (κ2) is 44.8. The minimum absolute atomic E-state index is 0.0244. The van der Waals surface area contributed by atoms with Crippen LogP contribution in [0.15, 0.2) is 40.3 Å². The van der Waals surface area contributed by atoms with Crippen molar-refractivity contribution in [1.29, 1.82) is 0 Å². The van der Waals surface area contributed by atoms with E-state index in [9.17, 15) is 87.2 Å². The van der Waals surface area contributed by atoms with E-state index in [1.54, 1.807) is 44.2 Å². The van der Waals surface area contributed by atoms with Crippen molar-refractivity contribution in [2.24, 2.45) is 56.0 Å². The van der Waals surface area contributed by atoms with Gasteiger partial charge >= 0.3 is 17.9 Å². The molecule has 1 aromatic rings. The number of thioether (sulfide) groups is 1. The minimum Gasteiger partial charge on any atom is -0.481 e. The van der Waals surface area contributed by atoms with E-state index in [1.165, 1.54) is 18.7 Å². The van der Waals surface area contributed by atoms with E-state index in [1.807, 2.05) is 6.26 Å².